The van der Waals surface area contributed by atoms with Crippen LogP contribution < -0.4 is 0 Å². The molecule has 0 bridgehead atoms. The molecule has 0 saturated heterocycles. The van der Waals surface area contributed by atoms with Crippen molar-refractivity contribution in [3.8, 4) is 11.4 Å². The molecule has 0 radical (unpaired) electrons. The molecule has 0 atom stereocenters. The average Bonchev–Trinajstić information content (AvgIpc) is 2.68. The van der Waals surface area contributed by atoms with E-state index in [1.54, 1.807) is 6.20 Å². The highest BCUT2D eigenvalue weighted by molar-refractivity contribution is 7.80. The fraction of sp³-hybridized carbons (Fsp3) is 0.0769. The second kappa shape index (κ2) is 3.89. The Kier molecular flexibility index (Phi) is 2.37. The van der Waals surface area contributed by atoms with Crippen molar-refractivity contribution in [2.75, 3.05) is 0 Å². The Bertz CT molecular complexity index is 674. The van der Waals surface area contributed by atoms with Gasteiger partial charge in [-0.3, -0.25) is 4.98 Å². The van der Waals surface area contributed by atoms with Crippen molar-refractivity contribution >= 4 is 23.7 Å². The largest absolute Gasteiger partial charge is 0.327 e. The van der Waals surface area contributed by atoms with Crippen molar-refractivity contribution in [2.45, 2.75) is 4.90 Å². The predicted octanol–water partition coefficient (Wildman–Crippen LogP) is 2.92. The van der Waals surface area contributed by atoms with Gasteiger partial charge in [-0.1, -0.05) is 0 Å². The third-order valence-electron chi connectivity index (χ3n) is 2.78. The third-order valence-corrected chi connectivity index (χ3v) is 3.06. The number of nitrogens with zero attached hydrogens (tertiary/aromatic N) is 3. The summed E-state index contributed by atoms with van der Waals surface area (Å²) < 4.78 is 2.06. The monoisotopic (exact) mass is 241 g/mol. The van der Waals surface area contributed by atoms with Crippen molar-refractivity contribution in [3.05, 3.63) is 42.7 Å². The number of imidazole rings is 1. The predicted molar refractivity (Wildman–Crippen MR) is 71.2 cm³/mol. The van der Waals surface area contributed by atoms with E-state index in [0.717, 1.165) is 27.3 Å². The van der Waals surface area contributed by atoms with Crippen molar-refractivity contribution in [2.24, 2.45) is 7.05 Å². The number of rotatable bonds is 1. The zero-order valence-corrected chi connectivity index (χ0v) is 10.2. The number of thiol groups is 1. The van der Waals surface area contributed by atoms with Gasteiger partial charge in [-0.05, 0) is 30.3 Å². The van der Waals surface area contributed by atoms with E-state index in [2.05, 4.69) is 27.2 Å². The van der Waals surface area contributed by atoms with Gasteiger partial charge < -0.3 is 4.57 Å². The maximum Gasteiger partial charge on any atom is 0.142 e. The molecule has 4 heteroatoms. The van der Waals surface area contributed by atoms with Gasteiger partial charge in [0.2, 0.25) is 0 Å². The second-order valence-corrected chi connectivity index (χ2v) is 4.43. The third kappa shape index (κ3) is 1.70. The summed E-state index contributed by atoms with van der Waals surface area (Å²) >= 11 is 4.35. The topological polar surface area (TPSA) is 30.7 Å². The smallest absolute Gasteiger partial charge is 0.142 e. The van der Waals surface area contributed by atoms with Crippen LogP contribution in [0.4, 0.5) is 0 Å². The molecule has 0 amide bonds. The van der Waals surface area contributed by atoms with Crippen LogP contribution in [0.15, 0.2) is 47.6 Å². The first-order chi connectivity index (χ1) is 8.25. The number of aromatic nitrogens is 3. The van der Waals surface area contributed by atoms with Crippen molar-refractivity contribution < 1.29 is 0 Å². The number of aryl methyl sites for hydroxylation is 1. The Morgan fingerprint density at radius 2 is 2.12 bits per heavy atom. The molecule has 2 aromatic heterocycles. The zero-order valence-electron chi connectivity index (χ0n) is 9.33. The van der Waals surface area contributed by atoms with E-state index < -0.39 is 0 Å². The van der Waals surface area contributed by atoms with Gasteiger partial charge in [-0.25, -0.2) is 4.98 Å². The molecule has 0 unspecified atom stereocenters. The van der Waals surface area contributed by atoms with E-state index in [0.29, 0.717) is 0 Å². The number of pyridine rings is 1. The van der Waals surface area contributed by atoms with Crippen LogP contribution in [0.3, 0.4) is 0 Å². The summed E-state index contributed by atoms with van der Waals surface area (Å²) in [5, 5.41) is 0. The SMILES string of the molecule is Cn1c(-c2cccnc2)nc2ccc(S)cc21. The van der Waals surface area contributed by atoms with Crippen LogP contribution >= 0.6 is 12.6 Å². The van der Waals surface area contributed by atoms with Crippen molar-refractivity contribution in [1.82, 2.24) is 14.5 Å². The van der Waals surface area contributed by atoms with Gasteiger partial charge in [-0.15, -0.1) is 12.6 Å². The van der Waals surface area contributed by atoms with Gasteiger partial charge in [0.15, 0.2) is 0 Å². The van der Waals surface area contributed by atoms with E-state index in [-0.39, 0.29) is 0 Å². The summed E-state index contributed by atoms with van der Waals surface area (Å²) in [5.74, 6) is 0.923. The lowest BCUT2D eigenvalue weighted by Gasteiger charge is -2.01. The molecular weight excluding hydrogens is 230 g/mol. The Morgan fingerprint density at radius 3 is 2.88 bits per heavy atom. The minimum absolute atomic E-state index is 0.923. The quantitative estimate of drug-likeness (QED) is 0.664. The summed E-state index contributed by atoms with van der Waals surface area (Å²) in [7, 11) is 2.00. The number of fused-ring (bicyclic) bond motifs is 1. The van der Waals surface area contributed by atoms with Crippen LogP contribution in [0.1, 0.15) is 0 Å². The van der Waals surface area contributed by atoms with Crippen LogP contribution in [0.25, 0.3) is 22.4 Å². The molecule has 0 aliphatic heterocycles. The van der Waals surface area contributed by atoms with Crippen molar-refractivity contribution in [1.29, 1.82) is 0 Å². The van der Waals surface area contributed by atoms with Gasteiger partial charge in [0.25, 0.3) is 0 Å². The number of benzene rings is 1. The summed E-state index contributed by atoms with van der Waals surface area (Å²) in [6.45, 7) is 0. The van der Waals surface area contributed by atoms with E-state index in [1.165, 1.54) is 0 Å². The second-order valence-electron chi connectivity index (χ2n) is 3.91. The van der Waals surface area contributed by atoms with Crippen LogP contribution in [0.2, 0.25) is 0 Å². The van der Waals surface area contributed by atoms with Gasteiger partial charge in [0.1, 0.15) is 5.82 Å². The molecule has 0 saturated carbocycles. The lowest BCUT2D eigenvalue weighted by atomic mass is 10.3. The first kappa shape index (κ1) is 10.4. The summed E-state index contributed by atoms with van der Waals surface area (Å²) in [5.41, 5.74) is 3.08. The van der Waals surface area contributed by atoms with Gasteiger partial charge in [0, 0.05) is 29.9 Å². The molecule has 0 aliphatic rings. The van der Waals surface area contributed by atoms with Crippen LogP contribution in [0, 0.1) is 0 Å². The molecule has 3 aromatic rings. The Morgan fingerprint density at radius 1 is 1.24 bits per heavy atom. The van der Waals surface area contributed by atoms with E-state index >= 15 is 0 Å². The molecule has 0 aliphatic carbocycles. The fourth-order valence-corrected chi connectivity index (χ4v) is 2.13. The molecule has 17 heavy (non-hydrogen) atoms. The fourth-order valence-electron chi connectivity index (χ4n) is 1.93. The first-order valence-corrected chi connectivity index (χ1v) is 5.76. The van der Waals surface area contributed by atoms with Crippen LogP contribution in [-0.4, -0.2) is 14.5 Å². The summed E-state index contributed by atoms with van der Waals surface area (Å²) in [4.78, 5) is 9.68. The minimum atomic E-state index is 0.923. The normalized spacial score (nSPS) is 10.9. The van der Waals surface area contributed by atoms with Gasteiger partial charge >= 0.3 is 0 Å². The lowest BCUT2D eigenvalue weighted by Crippen LogP contribution is -1.92. The van der Waals surface area contributed by atoms with Gasteiger partial charge in [-0.2, -0.15) is 0 Å². The maximum absolute atomic E-state index is 4.61. The molecule has 0 spiro atoms. The molecule has 3 nitrogen and oxygen atoms in total. The average molecular weight is 241 g/mol. The van der Waals surface area contributed by atoms with E-state index in [4.69, 9.17) is 0 Å². The zero-order chi connectivity index (χ0) is 11.8. The molecule has 3 rings (SSSR count). The van der Waals surface area contributed by atoms with Gasteiger partial charge in [0.05, 0.1) is 11.0 Å². The minimum Gasteiger partial charge on any atom is -0.327 e. The Balaban J connectivity index is 2.28. The Labute approximate surface area is 105 Å². The lowest BCUT2D eigenvalue weighted by molar-refractivity contribution is 0.956. The first-order valence-electron chi connectivity index (χ1n) is 5.31. The van der Waals surface area contributed by atoms with Crippen LogP contribution in [-0.2, 0) is 7.05 Å². The van der Waals surface area contributed by atoms with Crippen molar-refractivity contribution in [3.63, 3.8) is 0 Å². The molecule has 2 heterocycles. The van der Waals surface area contributed by atoms with E-state index in [9.17, 15) is 0 Å². The maximum atomic E-state index is 4.61. The molecule has 1 aromatic carbocycles. The molecule has 0 N–H and O–H groups in total. The molecule has 0 fully saturated rings. The number of hydrogen-bond acceptors (Lipinski definition) is 3. The highest BCUT2D eigenvalue weighted by atomic mass is 32.1. The molecular formula is C13H11N3S. The highest BCUT2D eigenvalue weighted by Gasteiger charge is 2.09. The highest BCUT2D eigenvalue weighted by Crippen LogP contribution is 2.24. The standard InChI is InChI=1S/C13H11N3S/c1-16-12-7-10(17)4-5-11(12)15-13(16)9-3-2-6-14-8-9/h2-8,17H,1H3. The molecule has 84 valence electrons. The number of hydrogen-bond donors (Lipinski definition) is 1. The van der Waals surface area contributed by atoms with Crippen LogP contribution in [0.5, 0.6) is 0 Å². The summed E-state index contributed by atoms with van der Waals surface area (Å²) in [6, 6.07) is 9.88. The summed E-state index contributed by atoms with van der Waals surface area (Å²) in [6.07, 6.45) is 3.58. The van der Waals surface area contributed by atoms with E-state index in [1.807, 2.05) is 43.6 Å². The Hall–Kier alpha value is -1.81.